The van der Waals surface area contributed by atoms with Gasteiger partial charge in [-0.3, -0.25) is 0 Å². The van der Waals surface area contributed by atoms with Gasteiger partial charge >= 0.3 is 0 Å². The molecule has 0 radical (unpaired) electrons. The Hall–Kier alpha value is -2.17. The molecule has 17 heavy (non-hydrogen) atoms. The zero-order valence-electron chi connectivity index (χ0n) is 9.97. The van der Waals surface area contributed by atoms with E-state index in [0.717, 1.165) is 17.3 Å². The van der Waals surface area contributed by atoms with E-state index in [4.69, 9.17) is 10.5 Å². The van der Waals surface area contributed by atoms with Crippen molar-refractivity contribution < 1.29 is 4.74 Å². The van der Waals surface area contributed by atoms with E-state index in [-0.39, 0.29) is 0 Å². The molecule has 0 unspecified atom stereocenters. The molecule has 0 aliphatic rings. The van der Waals surface area contributed by atoms with Gasteiger partial charge in [0.05, 0.1) is 13.7 Å². The van der Waals surface area contributed by atoms with Gasteiger partial charge in [-0.25, -0.2) is 4.98 Å². The average Bonchev–Trinajstić information content (AvgIpc) is 2.71. The molecule has 1 aromatic heterocycles. The van der Waals surface area contributed by atoms with Crippen molar-refractivity contribution in [2.24, 2.45) is 7.05 Å². The van der Waals surface area contributed by atoms with Gasteiger partial charge in [-0.15, -0.1) is 0 Å². The maximum Gasteiger partial charge on any atom is 0.127 e. The summed E-state index contributed by atoms with van der Waals surface area (Å²) in [6, 6.07) is 5.55. The quantitative estimate of drug-likeness (QED) is 0.786. The number of hydrogen-bond donors (Lipinski definition) is 2. The van der Waals surface area contributed by atoms with Crippen LogP contribution in [0.2, 0.25) is 0 Å². The first kappa shape index (κ1) is 11.3. The van der Waals surface area contributed by atoms with Crippen LogP contribution in [0.3, 0.4) is 0 Å². The first-order chi connectivity index (χ1) is 8.19. The molecular formula is C12H16N4O. The van der Waals surface area contributed by atoms with Crippen LogP contribution in [-0.2, 0) is 13.6 Å². The average molecular weight is 232 g/mol. The van der Waals surface area contributed by atoms with Crippen molar-refractivity contribution in [3.8, 4) is 5.75 Å². The third-order valence-corrected chi connectivity index (χ3v) is 2.54. The molecule has 0 bridgehead atoms. The van der Waals surface area contributed by atoms with Crippen molar-refractivity contribution >= 4 is 11.4 Å². The van der Waals surface area contributed by atoms with E-state index in [1.807, 2.05) is 29.9 Å². The predicted molar refractivity (Wildman–Crippen MR) is 67.9 cm³/mol. The van der Waals surface area contributed by atoms with Gasteiger partial charge in [0.25, 0.3) is 0 Å². The third-order valence-electron chi connectivity index (χ3n) is 2.54. The van der Waals surface area contributed by atoms with E-state index in [1.165, 1.54) is 0 Å². The fraction of sp³-hybridized carbons (Fsp3) is 0.250. The summed E-state index contributed by atoms with van der Waals surface area (Å²) in [6.45, 7) is 0.649. The minimum atomic E-state index is 0.649. The van der Waals surface area contributed by atoms with Crippen LogP contribution in [0.25, 0.3) is 0 Å². The van der Waals surface area contributed by atoms with Crippen molar-refractivity contribution in [2.45, 2.75) is 6.54 Å². The van der Waals surface area contributed by atoms with E-state index < -0.39 is 0 Å². The molecule has 3 N–H and O–H groups in total. The Morgan fingerprint density at radius 2 is 2.24 bits per heavy atom. The molecule has 0 aliphatic heterocycles. The Morgan fingerprint density at radius 1 is 1.41 bits per heavy atom. The lowest BCUT2D eigenvalue weighted by Gasteiger charge is -2.09. The van der Waals surface area contributed by atoms with Gasteiger partial charge in [0.2, 0.25) is 0 Å². The van der Waals surface area contributed by atoms with Gasteiger partial charge in [-0.05, 0) is 6.07 Å². The van der Waals surface area contributed by atoms with Crippen LogP contribution in [0.4, 0.5) is 11.4 Å². The second-order valence-electron chi connectivity index (χ2n) is 3.80. The van der Waals surface area contributed by atoms with Gasteiger partial charge < -0.3 is 20.4 Å². The summed E-state index contributed by atoms with van der Waals surface area (Å²) in [6.07, 6.45) is 3.69. The number of aromatic nitrogens is 2. The highest BCUT2D eigenvalue weighted by molar-refractivity contribution is 5.59. The summed E-state index contributed by atoms with van der Waals surface area (Å²) in [4.78, 5) is 4.23. The maximum atomic E-state index is 5.77. The molecule has 0 amide bonds. The molecule has 5 heteroatoms. The molecule has 0 spiro atoms. The summed E-state index contributed by atoms with van der Waals surface area (Å²) >= 11 is 0. The number of imidazole rings is 1. The molecule has 0 saturated heterocycles. The van der Waals surface area contributed by atoms with Crippen molar-refractivity contribution in [1.82, 2.24) is 9.55 Å². The largest absolute Gasteiger partial charge is 0.497 e. The van der Waals surface area contributed by atoms with Gasteiger partial charge in [-0.2, -0.15) is 0 Å². The van der Waals surface area contributed by atoms with Crippen LogP contribution >= 0.6 is 0 Å². The Labute approximate surface area is 100 Å². The number of nitrogen functional groups attached to an aromatic ring is 1. The molecular weight excluding hydrogens is 216 g/mol. The number of benzene rings is 1. The minimum absolute atomic E-state index is 0.649. The number of nitrogens with two attached hydrogens (primary N) is 1. The Kier molecular flexibility index (Phi) is 3.18. The summed E-state index contributed by atoms with van der Waals surface area (Å²) in [5, 5.41) is 3.26. The smallest absolute Gasteiger partial charge is 0.127 e. The van der Waals surface area contributed by atoms with Crippen molar-refractivity contribution in [1.29, 1.82) is 0 Å². The predicted octanol–water partition coefficient (Wildman–Crippen LogP) is 1.62. The zero-order valence-corrected chi connectivity index (χ0v) is 9.97. The highest BCUT2D eigenvalue weighted by Gasteiger charge is 2.01. The molecule has 0 aliphatic carbocycles. The lowest BCUT2D eigenvalue weighted by molar-refractivity contribution is 0.415. The molecule has 2 aromatic rings. The van der Waals surface area contributed by atoms with Crippen LogP contribution < -0.4 is 15.8 Å². The zero-order chi connectivity index (χ0) is 12.3. The molecule has 1 aromatic carbocycles. The number of nitrogens with zero attached hydrogens (tertiary/aromatic N) is 2. The fourth-order valence-corrected chi connectivity index (χ4v) is 1.59. The van der Waals surface area contributed by atoms with E-state index in [2.05, 4.69) is 10.3 Å². The Bertz CT molecular complexity index is 507. The van der Waals surface area contributed by atoms with Gasteiger partial charge in [0, 0.05) is 42.9 Å². The second kappa shape index (κ2) is 4.78. The molecule has 0 atom stereocenters. The van der Waals surface area contributed by atoms with E-state index >= 15 is 0 Å². The second-order valence-corrected chi connectivity index (χ2v) is 3.80. The summed E-state index contributed by atoms with van der Waals surface area (Å²) in [7, 11) is 3.58. The van der Waals surface area contributed by atoms with Gasteiger partial charge in [0.15, 0.2) is 0 Å². The monoisotopic (exact) mass is 232 g/mol. The number of ether oxygens (including phenoxy) is 1. The topological polar surface area (TPSA) is 65.1 Å². The lowest BCUT2D eigenvalue weighted by atomic mass is 10.2. The van der Waals surface area contributed by atoms with Crippen molar-refractivity contribution in [3.63, 3.8) is 0 Å². The molecule has 2 rings (SSSR count). The third kappa shape index (κ3) is 2.69. The number of anilines is 2. The van der Waals surface area contributed by atoms with Gasteiger partial charge in [0.1, 0.15) is 11.6 Å². The number of nitrogens with one attached hydrogen (secondary N) is 1. The number of hydrogen-bond acceptors (Lipinski definition) is 4. The highest BCUT2D eigenvalue weighted by Crippen LogP contribution is 2.22. The van der Waals surface area contributed by atoms with Gasteiger partial charge in [-0.1, -0.05) is 0 Å². The van der Waals surface area contributed by atoms with Crippen LogP contribution in [0.5, 0.6) is 5.75 Å². The van der Waals surface area contributed by atoms with Crippen molar-refractivity contribution in [3.05, 3.63) is 36.4 Å². The first-order valence-electron chi connectivity index (χ1n) is 5.33. The normalized spacial score (nSPS) is 10.2. The summed E-state index contributed by atoms with van der Waals surface area (Å²) in [5.41, 5.74) is 7.37. The maximum absolute atomic E-state index is 5.77. The van der Waals surface area contributed by atoms with E-state index in [9.17, 15) is 0 Å². The standard InChI is InChI=1S/C12H16N4O/c1-16-4-3-14-12(16)8-15-10-5-9(13)6-11(7-10)17-2/h3-7,15H,8,13H2,1-2H3. The highest BCUT2D eigenvalue weighted by atomic mass is 16.5. The van der Waals surface area contributed by atoms with Crippen LogP contribution in [0.15, 0.2) is 30.6 Å². The summed E-state index contributed by atoms with van der Waals surface area (Å²) in [5.74, 6) is 1.71. The van der Waals surface area contributed by atoms with E-state index in [1.54, 1.807) is 19.4 Å². The molecule has 5 nitrogen and oxygen atoms in total. The Morgan fingerprint density at radius 3 is 2.88 bits per heavy atom. The van der Waals surface area contributed by atoms with E-state index in [0.29, 0.717) is 12.2 Å². The van der Waals surface area contributed by atoms with Crippen LogP contribution in [0.1, 0.15) is 5.82 Å². The SMILES string of the molecule is COc1cc(N)cc(NCc2nccn2C)c1. The molecule has 0 saturated carbocycles. The number of methoxy groups -OCH3 is 1. The Balaban J connectivity index is 2.09. The number of rotatable bonds is 4. The number of aryl methyl sites for hydroxylation is 1. The molecule has 90 valence electrons. The summed E-state index contributed by atoms with van der Waals surface area (Å²) < 4.78 is 7.12. The fourth-order valence-electron chi connectivity index (χ4n) is 1.59. The lowest BCUT2D eigenvalue weighted by Crippen LogP contribution is -2.06. The minimum Gasteiger partial charge on any atom is -0.497 e. The first-order valence-corrected chi connectivity index (χ1v) is 5.33. The van der Waals surface area contributed by atoms with Crippen LogP contribution in [-0.4, -0.2) is 16.7 Å². The van der Waals surface area contributed by atoms with Crippen LogP contribution in [0, 0.1) is 0 Å². The van der Waals surface area contributed by atoms with Crippen molar-refractivity contribution in [2.75, 3.05) is 18.2 Å². The molecule has 1 heterocycles. The molecule has 0 fully saturated rings.